The van der Waals surface area contributed by atoms with E-state index in [-0.39, 0.29) is 5.91 Å². The van der Waals surface area contributed by atoms with Crippen molar-refractivity contribution in [3.8, 4) is 0 Å². The maximum Gasteiger partial charge on any atom is 0.255 e. The number of hydrogen-bond acceptors (Lipinski definition) is 9. The Balaban J connectivity index is 1.36. The van der Waals surface area contributed by atoms with Crippen LogP contribution in [-0.4, -0.2) is 52.6 Å². The predicted octanol–water partition coefficient (Wildman–Crippen LogP) is 4.78. The molecular weight excluding hydrogens is 504 g/mol. The maximum atomic E-state index is 13.0. The van der Waals surface area contributed by atoms with Gasteiger partial charge >= 0.3 is 0 Å². The molecule has 1 amide bonds. The molecule has 1 fully saturated rings. The van der Waals surface area contributed by atoms with Crippen molar-refractivity contribution in [2.45, 2.75) is 39.2 Å². The highest BCUT2D eigenvalue weighted by Crippen LogP contribution is 2.28. The van der Waals surface area contributed by atoms with Crippen LogP contribution >= 0.6 is 0 Å². The largest absolute Gasteiger partial charge is 0.381 e. The Kier molecular flexibility index (Phi) is 7.90. The molecule has 2 aromatic carbocycles. The van der Waals surface area contributed by atoms with Crippen LogP contribution in [0.15, 0.2) is 55.0 Å². The molecule has 0 radical (unpaired) electrons. The number of nitrogens with zero attached hydrogens (tertiary/aromatic N) is 5. The summed E-state index contributed by atoms with van der Waals surface area (Å²) in [6.07, 6.45) is 5.30. The number of aromatic nitrogens is 4. The number of benzene rings is 2. The first-order valence-electron chi connectivity index (χ1n) is 13.5. The highest BCUT2D eigenvalue weighted by atomic mass is 16.5. The van der Waals surface area contributed by atoms with E-state index in [0.29, 0.717) is 40.0 Å². The average Bonchev–Trinajstić information content (AvgIpc) is 2.95. The lowest BCUT2D eigenvalue weighted by molar-refractivity contribution is 0.0684. The van der Waals surface area contributed by atoms with Gasteiger partial charge in [0, 0.05) is 49.3 Å². The summed E-state index contributed by atoms with van der Waals surface area (Å²) in [5, 5.41) is 6.40. The van der Waals surface area contributed by atoms with Gasteiger partial charge in [0.1, 0.15) is 17.4 Å². The van der Waals surface area contributed by atoms with Gasteiger partial charge in [0.25, 0.3) is 5.91 Å². The van der Waals surface area contributed by atoms with Crippen LogP contribution < -0.4 is 21.3 Å². The molecule has 1 aliphatic heterocycles. The van der Waals surface area contributed by atoms with Gasteiger partial charge in [-0.25, -0.2) is 19.9 Å². The summed E-state index contributed by atoms with van der Waals surface area (Å²) in [6.45, 7) is 8.28. The molecule has 0 saturated carbocycles. The normalized spacial score (nSPS) is 14.2. The van der Waals surface area contributed by atoms with Gasteiger partial charge in [-0.05, 0) is 74.9 Å². The molecule has 10 nitrogen and oxygen atoms in total. The number of ether oxygens (including phenoxy) is 1. The Hall–Kier alpha value is -4.15. The van der Waals surface area contributed by atoms with Crippen LogP contribution in [0.4, 0.5) is 23.1 Å². The minimum Gasteiger partial charge on any atom is -0.381 e. The van der Waals surface area contributed by atoms with Gasteiger partial charge in [-0.15, -0.1) is 0 Å². The molecule has 0 aliphatic carbocycles. The molecule has 0 spiro atoms. The van der Waals surface area contributed by atoms with Crippen LogP contribution in [0.2, 0.25) is 0 Å². The third-order valence-corrected chi connectivity index (χ3v) is 7.20. The van der Waals surface area contributed by atoms with Gasteiger partial charge in [-0.1, -0.05) is 18.2 Å². The number of aryl methyl sites for hydroxylation is 1. The standard InChI is InChI=1S/C30H36N8O2/c1-19-8-9-23(35-28(39)21-6-5-7-22(14-21)30(2,3)31)15-24(19)36-27-26-25(33-18-34-27)16-32-29(37-26)38(4)17-20-10-12-40-13-11-20/h5-9,14-16,18,20H,10-13,17,31H2,1-4H3,(H,35,39)(H,33,34,36). The van der Waals surface area contributed by atoms with Crippen LogP contribution in [0.25, 0.3) is 11.0 Å². The smallest absolute Gasteiger partial charge is 0.255 e. The second-order valence-corrected chi connectivity index (χ2v) is 11.0. The molecule has 4 N–H and O–H groups in total. The van der Waals surface area contributed by atoms with E-state index in [0.717, 1.165) is 49.4 Å². The number of nitrogens with one attached hydrogen (secondary N) is 2. The van der Waals surface area contributed by atoms with Gasteiger partial charge in [0.2, 0.25) is 5.95 Å². The second-order valence-electron chi connectivity index (χ2n) is 11.0. The zero-order valence-electron chi connectivity index (χ0n) is 23.4. The fourth-order valence-electron chi connectivity index (χ4n) is 4.74. The summed E-state index contributed by atoms with van der Waals surface area (Å²) in [7, 11) is 2.01. The minimum atomic E-state index is -0.541. The van der Waals surface area contributed by atoms with Crippen molar-refractivity contribution in [3.63, 3.8) is 0 Å². The molecule has 4 aromatic rings. The average molecular weight is 541 g/mol. The number of anilines is 4. The molecular formula is C30H36N8O2. The highest BCUT2D eigenvalue weighted by Gasteiger charge is 2.19. The van der Waals surface area contributed by atoms with Crippen molar-refractivity contribution >= 4 is 40.1 Å². The Bertz CT molecular complexity index is 1510. The number of nitrogens with two attached hydrogens (primary N) is 1. The summed E-state index contributed by atoms with van der Waals surface area (Å²) < 4.78 is 5.49. The third kappa shape index (κ3) is 6.35. The fourth-order valence-corrected chi connectivity index (χ4v) is 4.74. The molecule has 0 unspecified atom stereocenters. The van der Waals surface area contributed by atoms with Gasteiger partial charge in [0.15, 0.2) is 5.82 Å². The van der Waals surface area contributed by atoms with Gasteiger partial charge in [-0.2, -0.15) is 0 Å². The number of hydrogen-bond donors (Lipinski definition) is 3. The van der Waals surface area contributed by atoms with Crippen molar-refractivity contribution < 1.29 is 9.53 Å². The summed E-state index contributed by atoms with van der Waals surface area (Å²) in [6, 6.07) is 13.1. The third-order valence-electron chi connectivity index (χ3n) is 7.20. The molecule has 208 valence electrons. The first kappa shape index (κ1) is 27.4. The van der Waals surface area contributed by atoms with Crippen molar-refractivity contribution in [2.75, 3.05) is 42.3 Å². The van der Waals surface area contributed by atoms with Crippen LogP contribution in [0.1, 0.15) is 48.2 Å². The lowest BCUT2D eigenvalue weighted by Crippen LogP contribution is -2.30. The molecule has 40 heavy (non-hydrogen) atoms. The lowest BCUT2D eigenvalue weighted by atomic mass is 9.94. The maximum absolute atomic E-state index is 13.0. The molecule has 1 saturated heterocycles. The van der Waals surface area contributed by atoms with E-state index in [4.69, 9.17) is 15.5 Å². The number of carbonyl (C=O) groups excluding carboxylic acids is 1. The summed E-state index contributed by atoms with van der Waals surface area (Å²) >= 11 is 0. The Morgan fingerprint density at radius 2 is 1.93 bits per heavy atom. The van der Waals surface area contributed by atoms with Crippen LogP contribution in [-0.2, 0) is 10.3 Å². The molecule has 2 aromatic heterocycles. The SMILES string of the molecule is Cc1ccc(NC(=O)c2cccc(C(C)(C)N)c2)cc1Nc1ncnc2cnc(N(C)CC3CCOCC3)nc12. The summed E-state index contributed by atoms with van der Waals surface area (Å²) in [5.74, 6) is 1.53. The first-order chi connectivity index (χ1) is 19.2. The van der Waals surface area contributed by atoms with E-state index in [1.165, 1.54) is 6.33 Å². The summed E-state index contributed by atoms with van der Waals surface area (Å²) in [4.78, 5) is 33.3. The lowest BCUT2D eigenvalue weighted by Gasteiger charge is -2.27. The second kappa shape index (κ2) is 11.5. The Morgan fingerprint density at radius 3 is 2.70 bits per heavy atom. The van der Waals surface area contributed by atoms with Gasteiger partial charge < -0.3 is 26.0 Å². The van der Waals surface area contributed by atoms with E-state index in [1.54, 1.807) is 12.3 Å². The number of amides is 1. The van der Waals surface area contributed by atoms with Crippen LogP contribution in [0, 0.1) is 12.8 Å². The molecule has 3 heterocycles. The van der Waals surface area contributed by atoms with Gasteiger partial charge in [0.05, 0.1) is 6.20 Å². The zero-order chi connectivity index (χ0) is 28.3. The predicted molar refractivity (Wildman–Crippen MR) is 158 cm³/mol. The van der Waals surface area contributed by atoms with E-state index >= 15 is 0 Å². The molecule has 5 rings (SSSR count). The quantitative estimate of drug-likeness (QED) is 0.289. The summed E-state index contributed by atoms with van der Waals surface area (Å²) in [5.41, 5.74) is 10.8. The van der Waals surface area contributed by atoms with Crippen LogP contribution in [0.3, 0.4) is 0 Å². The molecule has 10 heteroatoms. The number of carbonyl (C=O) groups is 1. The van der Waals surface area contributed by atoms with Crippen molar-refractivity contribution in [1.82, 2.24) is 19.9 Å². The number of fused-ring (bicyclic) bond motifs is 1. The topological polar surface area (TPSA) is 131 Å². The van der Waals surface area contributed by atoms with E-state index < -0.39 is 5.54 Å². The Labute approximate surface area is 234 Å². The van der Waals surface area contributed by atoms with Crippen LogP contribution in [0.5, 0.6) is 0 Å². The van der Waals surface area contributed by atoms with Crippen molar-refractivity contribution in [1.29, 1.82) is 0 Å². The fraction of sp³-hybridized carbons (Fsp3) is 0.367. The van der Waals surface area contributed by atoms with E-state index in [9.17, 15) is 4.79 Å². The van der Waals surface area contributed by atoms with Gasteiger partial charge in [-0.3, -0.25) is 4.79 Å². The monoisotopic (exact) mass is 540 g/mol. The first-order valence-corrected chi connectivity index (χ1v) is 13.5. The molecule has 0 atom stereocenters. The van der Waals surface area contributed by atoms with Crippen molar-refractivity contribution in [3.05, 3.63) is 71.7 Å². The number of rotatable bonds is 8. The van der Waals surface area contributed by atoms with E-state index in [2.05, 4.69) is 30.5 Å². The Morgan fingerprint density at radius 1 is 1.12 bits per heavy atom. The molecule has 1 aliphatic rings. The van der Waals surface area contributed by atoms with E-state index in [1.807, 2.05) is 64.2 Å². The molecule has 0 bridgehead atoms. The van der Waals surface area contributed by atoms with Crippen molar-refractivity contribution in [2.24, 2.45) is 11.7 Å². The highest BCUT2D eigenvalue weighted by molar-refractivity contribution is 6.04. The zero-order valence-corrected chi connectivity index (χ0v) is 23.4. The minimum absolute atomic E-state index is 0.210.